The van der Waals surface area contributed by atoms with Crippen molar-refractivity contribution in [1.82, 2.24) is 9.97 Å². The minimum absolute atomic E-state index is 0.118. The number of hydrogen-bond donors (Lipinski definition) is 0. The van der Waals surface area contributed by atoms with Crippen LogP contribution in [0.1, 0.15) is 11.1 Å². The molecule has 10 heteroatoms. The van der Waals surface area contributed by atoms with E-state index in [1.807, 2.05) is 30.3 Å². The summed E-state index contributed by atoms with van der Waals surface area (Å²) in [6, 6.07) is 33.5. The van der Waals surface area contributed by atoms with Gasteiger partial charge in [-0.25, -0.2) is 18.7 Å². The lowest BCUT2D eigenvalue weighted by atomic mass is 9.98. The van der Waals surface area contributed by atoms with Gasteiger partial charge in [0.15, 0.2) is 5.56 Å². The number of rotatable bonds is 8. The van der Waals surface area contributed by atoms with Crippen LogP contribution in [0.5, 0.6) is 23.3 Å². The maximum absolute atomic E-state index is 13.9. The van der Waals surface area contributed by atoms with Crippen molar-refractivity contribution in [3.05, 3.63) is 131 Å². The third-order valence-electron chi connectivity index (χ3n) is 7.90. The fraction of sp³-hybridized carbons (Fsp3) is 0.100. The van der Waals surface area contributed by atoms with E-state index in [1.54, 1.807) is 55.6 Å². The van der Waals surface area contributed by atoms with Gasteiger partial charge in [-0.1, -0.05) is 36.4 Å². The molecule has 0 aliphatic carbocycles. The van der Waals surface area contributed by atoms with Crippen molar-refractivity contribution >= 4 is 5.69 Å². The van der Waals surface area contributed by atoms with Crippen LogP contribution in [0.15, 0.2) is 103 Å². The third kappa shape index (κ3) is 6.77. The molecule has 0 radical (unpaired) electrons. The molecule has 0 saturated heterocycles. The maximum atomic E-state index is 13.9. The first-order valence-corrected chi connectivity index (χ1v) is 15.2. The van der Waals surface area contributed by atoms with Gasteiger partial charge < -0.3 is 18.9 Å². The largest absolute Gasteiger partial charge is 0.497 e. The minimum atomic E-state index is -0.394. The summed E-state index contributed by atoms with van der Waals surface area (Å²) in [4.78, 5) is 14.0. The first-order valence-electron chi connectivity index (χ1n) is 15.2. The SMILES string of the molecule is COc1cccc(-c2cc(-c3ccc(F)cc3)c(C#[N+]c3ccc(-c4cc(-c5ccc(F)cc5)c(C#N)c(OC)n4)c(OC)c3)c(OC)n2)c1. The molecule has 0 aliphatic heterocycles. The summed E-state index contributed by atoms with van der Waals surface area (Å²) < 4.78 is 50.0. The number of halogens is 2. The van der Waals surface area contributed by atoms with E-state index in [-0.39, 0.29) is 23.1 Å². The molecule has 0 aliphatic rings. The van der Waals surface area contributed by atoms with Gasteiger partial charge in [0.2, 0.25) is 11.8 Å². The lowest BCUT2D eigenvalue weighted by molar-refractivity contribution is 0.396. The van der Waals surface area contributed by atoms with Crippen LogP contribution in [-0.4, -0.2) is 38.4 Å². The van der Waals surface area contributed by atoms with E-state index in [0.717, 1.165) is 5.56 Å². The summed E-state index contributed by atoms with van der Waals surface area (Å²) in [6.45, 7) is 0. The van der Waals surface area contributed by atoms with E-state index in [0.29, 0.717) is 62.0 Å². The van der Waals surface area contributed by atoms with E-state index in [9.17, 15) is 14.0 Å². The summed E-state index contributed by atoms with van der Waals surface area (Å²) in [6.07, 6.45) is 0. The zero-order valence-electron chi connectivity index (χ0n) is 27.5. The number of nitriles is 1. The summed E-state index contributed by atoms with van der Waals surface area (Å²) >= 11 is 0. The third-order valence-corrected chi connectivity index (χ3v) is 7.90. The second kappa shape index (κ2) is 14.5. The van der Waals surface area contributed by atoms with Crippen molar-refractivity contribution in [2.45, 2.75) is 0 Å². The fourth-order valence-electron chi connectivity index (χ4n) is 5.42. The Kier molecular flexibility index (Phi) is 9.64. The highest BCUT2D eigenvalue weighted by Crippen LogP contribution is 2.39. The summed E-state index contributed by atoms with van der Waals surface area (Å²) in [5.74, 6) is 0.728. The van der Waals surface area contributed by atoms with Crippen LogP contribution in [0, 0.1) is 29.0 Å². The standard InChI is InChI=1S/C40H29F2N4O4/c1-47-30-7-5-6-26(18-30)36-20-33(25-10-14-28(42)15-11-25)35(40(45-36)50-4)23-44-29-16-17-31(38(19-29)48-2)37-21-32(24-8-12-27(41)13-9-24)34(22-43)39(46-37)49-3/h5-21H,1-4H3/q+1. The highest BCUT2D eigenvalue weighted by Gasteiger charge is 2.22. The molecule has 4 aromatic carbocycles. The molecule has 0 saturated carbocycles. The van der Waals surface area contributed by atoms with Crippen LogP contribution in [0.3, 0.4) is 0 Å². The first-order chi connectivity index (χ1) is 24.3. The number of hydrogen-bond acceptors (Lipinski definition) is 7. The predicted octanol–water partition coefficient (Wildman–Crippen LogP) is 9.34. The Balaban J connectivity index is 1.45. The van der Waals surface area contributed by atoms with Gasteiger partial charge in [0.1, 0.15) is 34.8 Å². The highest BCUT2D eigenvalue weighted by atomic mass is 19.1. The molecule has 6 aromatic rings. The maximum Gasteiger partial charge on any atom is 0.344 e. The van der Waals surface area contributed by atoms with Crippen molar-refractivity contribution in [2.75, 3.05) is 28.4 Å². The summed E-state index contributed by atoms with van der Waals surface area (Å²) in [5, 5.41) is 9.91. The van der Waals surface area contributed by atoms with Crippen molar-refractivity contribution in [3.63, 3.8) is 0 Å². The molecular formula is C40H29F2N4O4+. The number of pyridine rings is 2. The van der Waals surface area contributed by atoms with Gasteiger partial charge in [-0.05, 0) is 70.6 Å². The van der Waals surface area contributed by atoms with Crippen LogP contribution in [0.25, 0.3) is 49.6 Å². The minimum Gasteiger partial charge on any atom is -0.497 e. The molecular weight excluding hydrogens is 638 g/mol. The summed E-state index contributed by atoms with van der Waals surface area (Å²) in [5.41, 5.74) is 6.17. The topological polar surface area (TPSA) is 90.9 Å². The molecule has 0 atom stereocenters. The van der Waals surface area contributed by atoms with Crippen LogP contribution in [-0.2, 0) is 0 Å². The second-order valence-electron chi connectivity index (χ2n) is 10.8. The number of ether oxygens (including phenoxy) is 4. The van der Waals surface area contributed by atoms with Crippen molar-refractivity contribution in [2.24, 2.45) is 0 Å². The zero-order valence-corrected chi connectivity index (χ0v) is 27.5. The molecule has 0 unspecified atom stereocenters. The Labute approximate surface area is 287 Å². The van der Waals surface area contributed by atoms with Gasteiger partial charge in [-0.15, -0.1) is 0 Å². The molecule has 2 aromatic heterocycles. The molecule has 0 N–H and O–H groups in total. The van der Waals surface area contributed by atoms with Crippen LogP contribution in [0.4, 0.5) is 14.5 Å². The van der Waals surface area contributed by atoms with Crippen molar-refractivity contribution in [3.8, 4) is 80.2 Å². The van der Waals surface area contributed by atoms with E-state index in [2.05, 4.69) is 22.0 Å². The molecule has 246 valence electrons. The van der Waals surface area contributed by atoms with Gasteiger partial charge in [0.25, 0.3) is 0 Å². The Morgan fingerprint density at radius 2 is 1.18 bits per heavy atom. The number of methoxy groups -OCH3 is 4. The molecule has 2 heterocycles. The number of benzene rings is 4. The molecule has 0 spiro atoms. The Morgan fingerprint density at radius 3 is 1.78 bits per heavy atom. The fourth-order valence-corrected chi connectivity index (χ4v) is 5.42. The van der Waals surface area contributed by atoms with Crippen LogP contribution >= 0.6 is 0 Å². The number of aromatic nitrogens is 2. The smallest absolute Gasteiger partial charge is 0.344 e. The molecule has 0 amide bonds. The Hall–Kier alpha value is -6.78. The lowest BCUT2D eigenvalue weighted by Crippen LogP contribution is -1.99. The monoisotopic (exact) mass is 667 g/mol. The van der Waals surface area contributed by atoms with E-state index in [4.69, 9.17) is 23.9 Å². The summed E-state index contributed by atoms with van der Waals surface area (Å²) in [7, 11) is 6.05. The second-order valence-corrected chi connectivity index (χ2v) is 10.8. The number of nitrogens with zero attached hydrogens (tertiary/aromatic N) is 4. The van der Waals surface area contributed by atoms with E-state index in [1.165, 1.54) is 45.6 Å². The highest BCUT2D eigenvalue weighted by molar-refractivity contribution is 5.82. The van der Waals surface area contributed by atoms with Gasteiger partial charge in [-0.2, -0.15) is 5.26 Å². The zero-order chi connectivity index (χ0) is 35.2. The average molecular weight is 668 g/mol. The normalized spacial score (nSPS) is 10.4. The van der Waals surface area contributed by atoms with E-state index < -0.39 is 5.82 Å². The van der Waals surface area contributed by atoms with Crippen molar-refractivity contribution < 1.29 is 27.7 Å². The quantitative estimate of drug-likeness (QED) is 0.160. The molecule has 8 nitrogen and oxygen atoms in total. The lowest BCUT2D eigenvalue weighted by Gasteiger charge is -2.13. The average Bonchev–Trinajstić information content (AvgIpc) is 3.16. The van der Waals surface area contributed by atoms with Gasteiger partial charge in [0, 0.05) is 28.3 Å². The predicted molar refractivity (Wildman–Crippen MR) is 187 cm³/mol. The van der Waals surface area contributed by atoms with Gasteiger partial charge >= 0.3 is 11.8 Å². The molecule has 6 rings (SSSR count). The van der Waals surface area contributed by atoms with Crippen molar-refractivity contribution in [1.29, 1.82) is 5.26 Å². The Bertz CT molecular complexity index is 2310. The molecule has 50 heavy (non-hydrogen) atoms. The van der Waals surface area contributed by atoms with Gasteiger partial charge in [0.05, 0.1) is 45.9 Å². The first kappa shape index (κ1) is 33.1. The molecule has 0 fully saturated rings. The molecule has 0 bridgehead atoms. The van der Waals surface area contributed by atoms with Gasteiger partial charge in [-0.3, -0.25) is 0 Å². The Morgan fingerprint density at radius 1 is 0.580 bits per heavy atom. The van der Waals surface area contributed by atoms with E-state index >= 15 is 0 Å². The van der Waals surface area contributed by atoms with Crippen LogP contribution in [0.2, 0.25) is 0 Å². The van der Waals surface area contributed by atoms with Crippen LogP contribution < -0.4 is 18.9 Å².